The smallest absolute Gasteiger partial charge is 0.430 e. The number of halogens is 3. The Hall–Kier alpha value is -0.780. The molecular weight excluding hydrogens is 223 g/mol. The van der Waals surface area contributed by atoms with Gasteiger partial charge >= 0.3 is 6.18 Å². The minimum Gasteiger partial charge on any atom is -0.542 e. The van der Waals surface area contributed by atoms with Gasteiger partial charge in [0.1, 0.15) is 5.97 Å². The van der Waals surface area contributed by atoms with Gasteiger partial charge in [-0.1, -0.05) is 13.8 Å². The SMILES string of the molecule is C[C@@H]1CC[NH2+]CC[C@H]1C.O=C([O-])C(F)(F)F. The zero-order chi connectivity index (χ0) is 12.8. The lowest BCUT2D eigenvalue weighted by Gasteiger charge is -2.12. The molecule has 1 saturated heterocycles. The number of alkyl halides is 3. The summed E-state index contributed by atoms with van der Waals surface area (Å²) in [6, 6.07) is 0. The molecule has 16 heavy (non-hydrogen) atoms. The number of hydrogen-bond donors (Lipinski definition) is 1. The van der Waals surface area contributed by atoms with Gasteiger partial charge in [-0.05, 0) is 24.7 Å². The van der Waals surface area contributed by atoms with Crippen LogP contribution in [0.5, 0.6) is 0 Å². The number of carbonyl (C=O) groups excluding carboxylic acids is 1. The van der Waals surface area contributed by atoms with Crippen molar-refractivity contribution < 1.29 is 28.4 Å². The van der Waals surface area contributed by atoms with Gasteiger partial charge in [-0.25, -0.2) is 0 Å². The molecule has 0 aromatic carbocycles. The van der Waals surface area contributed by atoms with E-state index in [-0.39, 0.29) is 0 Å². The van der Waals surface area contributed by atoms with E-state index in [4.69, 9.17) is 9.90 Å². The average molecular weight is 241 g/mol. The van der Waals surface area contributed by atoms with E-state index in [0.29, 0.717) is 0 Å². The number of nitrogens with two attached hydrogens (primary N) is 1. The van der Waals surface area contributed by atoms with E-state index in [1.807, 2.05) is 0 Å². The second-order valence-corrected chi connectivity index (χ2v) is 4.18. The predicted molar refractivity (Wildman–Crippen MR) is 50.3 cm³/mol. The van der Waals surface area contributed by atoms with Crippen LogP contribution in [0.25, 0.3) is 0 Å². The van der Waals surface area contributed by atoms with Gasteiger partial charge in [-0.3, -0.25) is 0 Å². The van der Waals surface area contributed by atoms with Crippen molar-refractivity contribution in [3.8, 4) is 0 Å². The Morgan fingerprint density at radius 2 is 1.50 bits per heavy atom. The fourth-order valence-electron chi connectivity index (χ4n) is 1.47. The maximum atomic E-state index is 10.5. The normalized spacial score (nSPS) is 26.3. The monoisotopic (exact) mass is 241 g/mol. The summed E-state index contributed by atoms with van der Waals surface area (Å²) >= 11 is 0. The number of rotatable bonds is 0. The fourth-order valence-corrected chi connectivity index (χ4v) is 1.47. The molecule has 0 unspecified atom stereocenters. The lowest BCUT2D eigenvalue weighted by atomic mass is 9.92. The Morgan fingerprint density at radius 1 is 1.19 bits per heavy atom. The van der Waals surface area contributed by atoms with E-state index in [9.17, 15) is 13.2 Å². The molecule has 96 valence electrons. The van der Waals surface area contributed by atoms with Gasteiger partial charge in [-0.15, -0.1) is 0 Å². The molecule has 2 N–H and O–H groups in total. The minimum absolute atomic E-state index is 0.962. The summed E-state index contributed by atoms with van der Waals surface area (Å²) in [6.07, 6.45) is -2.36. The minimum atomic E-state index is -5.19. The van der Waals surface area contributed by atoms with Crippen LogP contribution in [0.2, 0.25) is 0 Å². The Bertz CT molecular complexity index is 209. The third kappa shape index (κ3) is 6.66. The van der Waals surface area contributed by atoms with Crippen LogP contribution >= 0.6 is 0 Å². The molecule has 6 heteroatoms. The van der Waals surface area contributed by atoms with Crippen molar-refractivity contribution in [2.45, 2.75) is 32.9 Å². The van der Waals surface area contributed by atoms with Crippen molar-refractivity contribution in [3.05, 3.63) is 0 Å². The van der Waals surface area contributed by atoms with Crippen molar-refractivity contribution in [2.75, 3.05) is 13.1 Å². The van der Waals surface area contributed by atoms with Gasteiger partial charge in [-0.2, -0.15) is 13.2 Å². The van der Waals surface area contributed by atoms with E-state index >= 15 is 0 Å². The molecule has 0 aromatic rings. The van der Waals surface area contributed by atoms with Gasteiger partial charge in [0.15, 0.2) is 0 Å². The van der Waals surface area contributed by atoms with Crippen LogP contribution in [0.1, 0.15) is 26.7 Å². The summed E-state index contributed by atoms with van der Waals surface area (Å²) in [6.45, 7) is 7.46. The molecule has 1 heterocycles. The summed E-state index contributed by atoms with van der Waals surface area (Å²) in [4.78, 5) is 8.78. The Balaban J connectivity index is 0.000000293. The molecule has 0 bridgehead atoms. The highest BCUT2D eigenvalue weighted by Crippen LogP contribution is 2.17. The predicted octanol–water partition coefficient (Wildman–Crippen LogP) is -0.0856. The van der Waals surface area contributed by atoms with Crippen LogP contribution in [0.4, 0.5) is 13.2 Å². The number of quaternary nitrogens is 1. The van der Waals surface area contributed by atoms with Crippen molar-refractivity contribution in [1.82, 2.24) is 0 Å². The van der Waals surface area contributed by atoms with Crippen LogP contribution in [0, 0.1) is 11.8 Å². The van der Waals surface area contributed by atoms with E-state index < -0.39 is 12.1 Å². The molecule has 0 radical (unpaired) electrons. The third-order valence-corrected chi connectivity index (χ3v) is 2.86. The molecule has 1 aliphatic heterocycles. The second kappa shape index (κ2) is 6.73. The van der Waals surface area contributed by atoms with Crippen molar-refractivity contribution in [3.63, 3.8) is 0 Å². The topological polar surface area (TPSA) is 56.7 Å². The number of carbonyl (C=O) groups is 1. The maximum absolute atomic E-state index is 10.5. The van der Waals surface area contributed by atoms with Crippen LogP contribution in [0.3, 0.4) is 0 Å². The largest absolute Gasteiger partial charge is 0.542 e. The molecule has 1 rings (SSSR count). The first-order valence-corrected chi connectivity index (χ1v) is 5.35. The van der Waals surface area contributed by atoms with Gasteiger partial charge in [0, 0.05) is 0 Å². The van der Waals surface area contributed by atoms with E-state index in [1.54, 1.807) is 0 Å². The summed E-state index contributed by atoms with van der Waals surface area (Å²) in [5.74, 6) is -1.08. The number of hydrogen-bond acceptors (Lipinski definition) is 2. The van der Waals surface area contributed by atoms with Crippen molar-refractivity contribution in [1.29, 1.82) is 0 Å². The van der Waals surface area contributed by atoms with Crippen LogP contribution in [-0.4, -0.2) is 25.2 Å². The first-order valence-electron chi connectivity index (χ1n) is 5.35. The molecule has 2 atom stereocenters. The molecule has 0 spiro atoms. The van der Waals surface area contributed by atoms with Crippen LogP contribution in [-0.2, 0) is 4.79 Å². The van der Waals surface area contributed by atoms with Gasteiger partial charge < -0.3 is 15.2 Å². The van der Waals surface area contributed by atoms with E-state index in [0.717, 1.165) is 11.8 Å². The van der Waals surface area contributed by atoms with Crippen LogP contribution < -0.4 is 10.4 Å². The number of aliphatic carboxylic acids is 1. The van der Waals surface area contributed by atoms with Crippen LogP contribution in [0.15, 0.2) is 0 Å². The van der Waals surface area contributed by atoms with Crippen molar-refractivity contribution in [2.24, 2.45) is 11.8 Å². The third-order valence-electron chi connectivity index (χ3n) is 2.86. The van der Waals surface area contributed by atoms with Crippen molar-refractivity contribution >= 4 is 5.97 Å². The summed E-state index contributed by atoms with van der Waals surface area (Å²) in [5.41, 5.74) is 0. The van der Waals surface area contributed by atoms with E-state index in [1.165, 1.54) is 25.9 Å². The molecule has 0 aromatic heterocycles. The Labute approximate surface area is 93.0 Å². The molecule has 0 aliphatic carbocycles. The highest BCUT2D eigenvalue weighted by molar-refractivity contribution is 5.70. The molecular formula is C10H18F3NO2. The number of carboxylic acid groups (broad SMARTS) is 1. The quantitative estimate of drug-likeness (QED) is 0.644. The lowest BCUT2D eigenvalue weighted by Crippen LogP contribution is -2.83. The average Bonchev–Trinajstić information content (AvgIpc) is 2.32. The number of carboxylic acids is 1. The summed E-state index contributed by atoms with van der Waals surface area (Å²) in [5, 5.41) is 11.2. The Kier molecular flexibility index (Phi) is 6.40. The second-order valence-electron chi connectivity index (χ2n) is 4.18. The lowest BCUT2D eigenvalue weighted by molar-refractivity contribution is -0.653. The highest BCUT2D eigenvalue weighted by atomic mass is 19.4. The maximum Gasteiger partial charge on any atom is 0.430 e. The first-order chi connectivity index (χ1) is 7.25. The molecule has 1 fully saturated rings. The zero-order valence-corrected chi connectivity index (χ0v) is 9.51. The first kappa shape index (κ1) is 15.2. The molecule has 0 saturated carbocycles. The molecule has 3 nitrogen and oxygen atoms in total. The highest BCUT2D eigenvalue weighted by Gasteiger charge is 2.28. The standard InChI is InChI=1S/C8H17N.C2HF3O2/c1-7-3-5-9-6-4-8(7)2;3-2(4,5)1(6)7/h7-9H,3-6H2,1-2H3;(H,6,7)/t7-,8-;/m1./s1. The molecule has 0 amide bonds. The van der Waals surface area contributed by atoms with E-state index in [2.05, 4.69) is 19.2 Å². The van der Waals surface area contributed by atoms with Gasteiger partial charge in [0.05, 0.1) is 13.1 Å². The molecule has 1 aliphatic rings. The van der Waals surface area contributed by atoms with Gasteiger partial charge in [0.2, 0.25) is 0 Å². The summed E-state index contributed by atoms with van der Waals surface area (Å²) in [7, 11) is 0. The van der Waals surface area contributed by atoms with Gasteiger partial charge in [0.25, 0.3) is 0 Å². The zero-order valence-electron chi connectivity index (χ0n) is 9.51. The fraction of sp³-hybridized carbons (Fsp3) is 0.900. The summed E-state index contributed by atoms with van der Waals surface area (Å²) < 4.78 is 31.5. The Morgan fingerprint density at radius 3 is 1.75 bits per heavy atom.